The molecule has 1 heterocycles. The SMILES string of the molecule is COC(=O)CC(NC(=O)c1ccc(OC(F)F)cc1)c1cccs1. The van der Waals surface area contributed by atoms with Crippen LogP contribution in [-0.2, 0) is 9.53 Å². The van der Waals surface area contributed by atoms with Gasteiger partial charge < -0.3 is 14.8 Å². The Morgan fingerprint density at radius 3 is 2.46 bits per heavy atom. The standard InChI is InChI=1S/C16H15F2NO4S/c1-22-14(20)9-12(13-3-2-8-24-13)19-15(21)10-4-6-11(7-5-10)23-16(17)18/h2-8,12,16H,9H2,1H3,(H,19,21). The first-order valence-corrected chi connectivity index (χ1v) is 7.83. The predicted molar refractivity (Wildman–Crippen MR) is 84.2 cm³/mol. The second-order valence-electron chi connectivity index (χ2n) is 4.72. The second kappa shape index (κ2) is 8.39. The molecule has 2 rings (SSSR count). The molecule has 0 saturated heterocycles. The quantitative estimate of drug-likeness (QED) is 0.774. The van der Waals surface area contributed by atoms with E-state index < -0.39 is 24.5 Å². The highest BCUT2D eigenvalue weighted by Crippen LogP contribution is 2.23. The van der Waals surface area contributed by atoms with Gasteiger partial charge in [-0.05, 0) is 35.7 Å². The monoisotopic (exact) mass is 355 g/mol. The van der Waals surface area contributed by atoms with Crippen molar-refractivity contribution in [1.29, 1.82) is 0 Å². The summed E-state index contributed by atoms with van der Waals surface area (Å²) in [6.07, 6.45) is -0.00463. The summed E-state index contributed by atoms with van der Waals surface area (Å²) >= 11 is 1.40. The predicted octanol–water partition coefficient (Wildman–Crippen LogP) is 3.38. The lowest BCUT2D eigenvalue weighted by Crippen LogP contribution is -2.30. The van der Waals surface area contributed by atoms with E-state index in [1.54, 1.807) is 6.07 Å². The Kier molecular flexibility index (Phi) is 6.25. The fraction of sp³-hybridized carbons (Fsp3) is 0.250. The molecule has 1 amide bonds. The van der Waals surface area contributed by atoms with Crippen LogP contribution in [0, 0.1) is 0 Å². The maximum Gasteiger partial charge on any atom is 0.387 e. The van der Waals surface area contributed by atoms with Crippen molar-refractivity contribution < 1.29 is 27.8 Å². The maximum atomic E-state index is 12.3. The molecule has 0 saturated carbocycles. The van der Waals surface area contributed by atoms with Crippen LogP contribution in [0.4, 0.5) is 8.78 Å². The maximum absolute atomic E-state index is 12.3. The van der Waals surface area contributed by atoms with Crippen LogP contribution < -0.4 is 10.1 Å². The Morgan fingerprint density at radius 2 is 1.92 bits per heavy atom. The van der Waals surface area contributed by atoms with Crippen molar-refractivity contribution in [3.05, 3.63) is 52.2 Å². The Bertz CT molecular complexity index is 674. The van der Waals surface area contributed by atoms with Gasteiger partial charge in [-0.1, -0.05) is 6.07 Å². The van der Waals surface area contributed by atoms with Gasteiger partial charge in [0.15, 0.2) is 0 Å². The topological polar surface area (TPSA) is 64.6 Å². The highest BCUT2D eigenvalue weighted by atomic mass is 32.1. The molecule has 0 bridgehead atoms. The molecule has 24 heavy (non-hydrogen) atoms. The first-order valence-electron chi connectivity index (χ1n) is 6.95. The van der Waals surface area contributed by atoms with E-state index in [1.807, 2.05) is 11.4 Å². The van der Waals surface area contributed by atoms with Gasteiger partial charge in [-0.3, -0.25) is 9.59 Å². The zero-order valence-electron chi connectivity index (χ0n) is 12.7. The Labute approximate surface area is 141 Å². The molecule has 0 aliphatic carbocycles. The van der Waals surface area contributed by atoms with Crippen LogP contribution in [0.5, 0.6) is 5.75 Å². The molecule has 0 aliphatic rings. The number of halogens is 2. The average Bonchev–Trinajstić information content (AvgIpc) is 3.08. The van der Waals surface area contributed by atoms with Crippen molar-refractivity contribution in [2.45, 2.75) is 19.1 Å². The van der Waals surface area contributed by atoms with Gasteiger partial charge in [-0.25, -0.2) is 0 Å². The van der Waals surface area contributed by atoms with Crippen LogP contribution in [0.3, 0.4) is 0 Å². The molecule has 1 unspecified atom stereocenters. The number of alkyl halides is 2. The van der Waals surface area contributed by atoms with Crippen LogP contribution in [0.2, 0.25) is 0 Å². The molecular weight excluding hydrogens is 340 g/mol. The van der Waals surface area contributed by atoms with Crippen LogP contribution in [-0.4, -0.2) is 25.6 Å². The Morgan fingerprint density at radius 1 is 1.21 bits per heavy atom. The van der Waals surface area contributed by atoms with Gasteiger partial charge in [-0.2, -0.15) is 8.78 Å². The molecule has 0 radical (unpaired) electrons. The van der Waals surface area contributed by atoms with Crippen molar-refractivity contribution in [2.75, 3.05) is 7.11 Å². The van der Waals surface area contributed by atoms with Crippen LogP contribution in [0.1, 0.15) is 27.7 Å². The van der Waals surface area contributed by atoms with E-state index in [0.717, 1.165) is 4.88 Å². The van der Waals surface area contributed by atoms with Gasteiger partial charge in [0.25, 0.3) is 5.91 Å². The fourth-order valence-electron chi connectivity index (χ4n) is 1.99. The van der Waals surface area contributed by atoms with Gasteiger partial charge in [0.05, 0.1) is 19.6 Å². The third-order valence-corrected chi connectivity index (χ3v) is 4.12. The largest absolute Gasteiger partial charge is 0.469 e. The molecule has 1 N–H and O–H groups in total. The van der Waals surface area contributed by atoms with Crippen molar-refractivity contribution in [3.8, 4) is 5.75 Å². The number of amides is 1. The second-order valence-corrected chi connectivity index (χ2v) is 5.70. The molecule has 128 valence electrons. The van der Waals surface area contributed by atoms with Gasteiger partial charge in [-0.15, -0.1) is 11.3 Å². The molecule has 5 nitrogen and oxygen atoms in total. The number of rotatable bonds is 7. The summed E-state index contributed by atoms with van der Waals surface area (Å²) in [5.41, 5.74) is 0.267. The van der Waals surface area contributed by atoms with Crippen LogP contribution in [0.25, 0.3) is 0 Å². The zero-order chi connectivity index (χ0) is 17.5. The van der Waals surface area contributed by atoms with E-state index in [1.165, 1.54) is 42.7 Å². The highest BCUT2D eigenvalue weighted by Gasteiger charge is 2.20. The van der Waals surface area contributed by atoms with Crippen molar-refractivity contribution in [3.63, 3.8) is 0 Å². The number of hydrogen-bond donors (Lipinski definition) is 1. The molecule has 0 fully saturated rings. The van der Waals surface area contributed by atoms with Crippen LogP contribution in [0.15, 0.2) is 41.8 Å². The third kappa shape index (κ3) is 5.02. The molecule has 1 aromatic heterocycles. The third-order valence-electron chi connectivity index (χ3n) is 3.13. The highest BCUT2D eigenvalue weighted by molar-refractivity contribution is 7.10. The summed E-state index contributed by atoms with van der Waals surface area (Å²) in [7, 11) is 1.28. The normalized spacial score (nSPS) is 11.8. The Hall–Kier alpha value is -2.48. The first-order chi connectivity index (χ1) is 11.5. The molecule has 8 heteroatoms. The molecule has 0 spiro atoms. The van der Waals surface area contributed by atoms with Gasteiger partial charge in [0, 0.05) is 10.4 Å². The lowest BCUT2D eigenvalue weighted by molar-refractivity contribution is -0.141. The number of benzene rings is 1. The van der Waals surface area contributed by atoms with Gasteiger partial charge in [0.1, 0.15) is 5.75 Å². The molecule has 1 aromatic carbocycles. The van der Waals surface area contributed by atoms with E-state index in [-0.39, 0.29) is 17.7 Å². The summed E-state index contributed by atoms with van der Waals surface area (Å²) < 4.78 is 33.1. The number of nitrogens with one attached hydrogen (secondary N) is 1. The summed E-state index contributed by atoms with van der Waals surface area (Å²) in [6.45, 7) is -2.92. The van der Waals surface area contributed by atoms with Crippen molar-refractivity contribution in [1.82, 2.24) is 5.32 Å². The van der Waals surface area contributed by atoms with E-state index in [0.29, 0.717) is 0 Å². The number of methoxy groups -OCH3 is 1. The minimum atomic E-state index is -2.92. The van der Waals surface area contributed by atoms with Crippen LogP contribution >= 0.6 is 11.3 Å². The smallest absolute Gasteiger partial charge is 0.387 e. The molecule has 1 atom stereocenters. The average molecular weight is 355 g/mol. The summed E-state index contributed by atoms with van der Waals surface area (Å²) in [5.74, 6) is -0.916. The molecular formula is C16H15F2NO4S. The number of hydrogen-bond acceptors (Lipinski definition) is 5. The minimum absolute atomic E-state index is 0.00463. The number of esters is 1. The van der Waals surface area contributed by atoms with E-state index in [2.05, 4.69) is 14.8 Å². The van der Waals surface area contributed by atoms with E-state index in [4.69, 9.17) is 0 Å². The number of ether oxygens (including phenoxy) is 2. The van der Waals surface area contributed by atoms with E-state index in [9.17, 15) is 18.4 Å². The zero-order valence-corrected chi connectivity index (χ0v) is 13.5. The summed E-state index contributed by atoms with van der Waals surface area (Å²) in [4.78, 5) is 24.6. The summed E-state index contributed by atoms with van der Waals surface area (Å²) in [6, 6.07) is 8.39. The lowest BCUT2D eigenvalue weighted by Gasteiger charge is -2.16. The first kappa shape index (κ1) is 17.9. The van der Waals surface area contributed by atoms with E-state index >= 15 is 0 Å². The lowest BCUT2D eigenvalue weighted by atomic mass is 10.1. The van der Waals surface area contributed by atoms with Crippen molar-refractivity contribution >= 4 is 23.2 Å². The van der Waals surface area contributed by atoms with Gasteiger partial charge in [0.2, 0.25) is 0 Å². The summed E-state index contributed by atoms with van der Waals surface area (Å²) in [5, 5.41) is 4.58. The van der Waals surface area contributed by atoms with Gasteiger partial charge >= 0.3 is 12.6 Å². The Balaban J connectivity index is 2.08. The minimum Gasteiger partial charge on any atom is -0.469 e. The molecule has 0 aliphatic heterocycles. The van der Waals surface area contributed by atoms with Crippen molar-refractivity contribution in [2.24, 2.45) is 0 Å². The number of carbonyl (C=O) groups excluding carboxylic acids is 2. The number of carbonyl (C=O) groups is 2. The number of thiophene rings is 1. The fourth-order valence-corrected chi connectivity index (χ4v) is 2.77. The molecule has 2 aromatic rings.